The average Bonchev–Trinajstić information content (AvgIpc) is 2.75. The second kappa shape index (κ2) is 5.83. The van der Waals surface area contributed by atoms with E-state index in [1.807, 2.05) is 17.9 Å². The Labute approximate surface area is 109 Å². The van der Waals surface area contributed by atoms with Gasteiger partial charge in [-0.15, -0.1) is 0 Å². The monoisotopic (exact) mass is 243 g/mol. The van der Waals surface area contributed by atoms with Crippen LogP contribution < -0.4 is 5.32 Å². The zero-order valence-corrected chi connectivity index (χ0v) is 11.4. The number of hydrogen-bond acceptors (Lipinski definition) is 2. The van der Waals surface area contributed by atoms with Gasteiger partial charge in [0.2, 0.25) is 0 Å². The van der Waals surface area contributed by atoms with Crippen LogP contribution in [0.3, 0.4) is 0 Å². The first kappa shape index (κ1) is 12.8. The minimum Gasteiger partial charge on any atom is -0.312 e. The molecule has 1 aromatic heterocycles. The van der Waals surface area contributed by atoms with Crippen LogP contribution in [0.1, 0.15) is 22.3 Å². The molecular weight excluding hydrogens is 222 g/mol. The molecule has 18 heavy (non-hydrogen) atoms. The number of aryl methyl sites for hydroxylation is 3. The molecule has 96 valence electrons. The quantitative estimate of drug-likeness (QED) is 0.817. The Morgan fingerprint density at radius 2 is 2.11 bits per heavy atom. The van der Waals surface area contributed by atoms with E-state index in [1.54, 1.807) is 0 Å². The highest BCUT2D eigenvalue weighted by atomic mass is 15.2. The molecule has 0 aliphatic carbocycles. The average molecular weight is 243 g/mol. The van der Waals surface area contributed by atoms with Crippen molar-refractivity contribution in [1.82, 2.24) is 15.1 Å². The third-order valence-corrected chi connectivity index (χ3v) is 3.17. The van der Waals surface area contributed by atoms with E-state index in [0.717, 1.165) is 19.5 Å². The Balaban J connectivity index is 1.80. The standard InChI is InChI=1S/C15H21N3/c1-12-4-5-13(2)15(8-12)10-16-7-6-14-9-17-18(3)11-14/h4-5,8-9,11,16H,6-7,10H2,1-3H3. The topological polar surface area (TPSA) is 29.9 Å². The van der Waals surface area contributed by atoms with E-state index < -0.39 is 0 Å². The lowest BCUT2D eigenvalue weighted by atomic mass is 10.1. The molecule has 0 spiro atoms. The Morgan fingerprint density at radius 3 is 2.83 bits per heavy atom. The summed E-state index contributed by atoms with van der Waals surface area (Å²) in [6.07, 6.45) is 5.03. The van der Waals surface area contributed by atoms with Gasteiger partial charge in [0.05, 0.1) is 6.20 Å². The summed E-state index contributed by atoms with van der Waals surface area (Å²) in [7, 11) is 1.95. The van der Waals surface area contributed by atoms with E-state index in [2.05, 4.69) is 48.7 Å². The molecular formula is C15H21N3. The van der Waals surface area contributed by atoms with Gasteiger partial charge in [0, 0.05) is 19.8 Å². The molecule has 0 radical (unpaired) electrons. The summed E-state index contributed by atoms with van der Waals surface area (Å²) in [5.41, 5.74) is 5.35. The molecule has 0 unspecified atom stereocenters. The summed E-state index contributed by atoms with van der Waals surface area (Å²) in [6, 6.07) is 6.61. The molecule has 1 aromatic carbocycles. The second-order valence-electron chi connectivity index (χ2n) is 4.88. The summed E-state index contributed by atoms with van der Waals surface area (Å²) in [6.45, 7) is 6.23. The van der Waals surface area contributed by atoms with E-state index >= 15 is 0 Å². The number of benzene rings is 1. The SMILES string of the molecule is Cc1ccc(C)c(CNCCc2cnn(C)c2)c1. The minimum absolute atomic E-state index is 0.938. The minimum atomic E-state index is 0.938. The Bertz CT molecular complexity index is 514. The summed E-state index contributed by atoms with van der Waals surface area (Å²) < 4.78 is 1.85. The van der Waals surface area contributed by atoms with Crippen LogP contribution in [0.2, 0.25) is 0 Å². The molecule has 0 saturated carbocycles. The molecule has 0 aliphatic rings. The van der Waals surface area contributed by atoms with Crippen molar-refractivity contribution in [2.45, 2.75) is 26.8 Å². The van der Waals surface area contributed by atoms with Gasteiger partial charge in [0.25, 0.3) is 0 Å². The summed E-state index contributed by atoms with van der Waals surface area (Å²) >= 11 is 0. The van der Waals surface area contributed by atoms with Crippen LogP contribution in [0.15, 0.2) is 30.6 Å². The van der Waals surface area contributed by atoms with Crippen molar-refractivity contribution >= 4 is 0 Å². The molecule has 1 heterocycles. The molecule has 3 heteroatoms. The van der Waals surface area contributed by atoms with Gasteiger partial charge in [-0.3, -0.25) is 4.68 Å². The molecule has 0 atom stereocenters. The smallest absolute Gasteiger partial charge is 0.0522 e. The normalized spacial score (nSPS) is 10.8. The van der Waals surface area contributed by atoms with E-state index in [9.17, 15) is 0 Å². The van der Waals surface area contributed by atoms with Crippen LogP contribution in [-0.2, 0) is 20.0 Å². The van der Waals surface area contributed by atoms with Crippen LogP contribution in [0.25, 0.3) is 0 Å². The Morgan fingerprint density at radius 1 is 1.28 bits per heavy atom. The zero-order valence-electron chi connectivity index (χ0n) is 11.4. The maximum Gasteiger partial charge on any atom is 0.0522 e. The van der Waals surface area contributed by atoms with E-state index in [0.29, 0.717) is 0 Å². The Hall–Kier alpha value is -1.61. The highest BCUT2D eigenvalue weighted by Gasteiger charge is 1.99. The van der Waals surface area contributed by atoms with Crippen LogP contribution in [0, 0.1) is 13.8 Å². The third-order valence-electron chi connectivity index (χ3n) is 3.17. The molecule has 2 rings (SSSR count). The lowest BCUT2D eigenvalue weighted by Gasteiger charge is -2.08. The maximum atomic E-state index is 4.17. The lowest BCUT2D eigenvalue weighted by molar-refractivity contribution is 0.683. The van der Waals surface area contributed by atoms with Crippen molar-refractivity contribution in [1.29, 1.82) is 0 Å². The predicted octanol–water partition coefficient (Wildman–Crippen LogP) is 2.37. The summed E-state index contributed by atoms with van der Waals surface area (Å²) in [5, 5.41) is 7.66. The highest BCUT2D eigenvalue weighted by molar-refractivity contribution is 5.30. The number of hydrogen-bond donors (Lipinski definition) is 1. The van der Waals surface area contributed by atoms with Crippen LogP contribution in [0.4, 0.5) is 0 Å². The first-order valence-corrected chi connectivity index (χ1v) is 6.39. The van der Waals surface area contributed by atoms with Crippen molar-refractivity contribution in [3.05, 3.63) is 52.8 Å². The van der Waals surface area contributed by atoms with Crippen LogP contribution in [0.5, 0.6) is 0 Å². The van der Waals surface area contributed by atoms with Crippen molar-refractivity contribution in [2.75, 3.05) is 6.54 Å². The lowest BCUT2D eigenvalue weighted by Crippen LogP contribution is -2.17. The largest absolute Gasteiger partial charge is 0.312 e. The van der Waals surface area contributed by atoms with Gasteiger partial charge in [-0.1, -0.05) is 23.8 Å². The van der Waals surface area contributed by atoms with Crippen molar-refractivity contribution in [3.8, 4) is 0 Å². The zero-order chi connectivity index (χ0) is 13.0. The van der Waals surface area contributed by atoms with Gasteiger partial charge >= 0.3 is 0 Å². The molecule has 0 aliphatic heterocycles. The maximum absolute atomic E-state index is 4.17. The number of nitrogens with zero attached hydrogens (tertiary/aromatic N) is 2. The molecule has 0 amide bonds. The van der Waals surface area contributed by atoms with E-state index in [1.165, 1.54) is 22.3 Å². The summed E-state index contributed by atoms with van der Waals surface area (Å²) in [5.74, 6) is 0. The fourth-order valence-corrected chi connectivity index (χ4v) is 2.05. The van der Waals surface area contributed by atoms with Gasteiger partial charge in [0.1, 0.15) is 0 Å². The second-order valence-corrected chi connectivity index (χ2v) is 4.88. The molecule has 0 saturated heterocycles. The van der Waals surface area contributed by atoms with E-state index in [-0.39, 0.29) is 0 Å². The number of rotatable bonds is 5. The van der Waals surface area contributed by atoms with Gasteiger partial charge in [0.15, 0.2) is 0 Å². The van der Waals surface area contributed by atoms with Gasteiger partial charge < -0.3 is 5.32 Å². The molecule has 1 N–H and O–H groups in total. The van der Waals surface area contributed by atoms with Gasteiger partial charge in [-0.2, -0.15) is 5.10 Å². The van der Waals surface area contributed by atoms with Crippen molar-refractivity contribution in [2.24, 2.45) is 7.05 Å². The summed E-state index contributed by atoms with van der Waals surface area (Å²) in [4.78, 5) is 0. The fourth-order valence-electron chi connectivity index (χ4n) is 2.05. The van der Waals surface area contributed by atoms with Crippen LogP contribution >= 0.6 is 0 Å². The number of nitrogens with one attached hydrogen (secondary N) is 1. The van der Waals surface area contributed by atoms with Crippen molar-refractivity contribution < 1.29 is 0 Å². The molecule has 0 fully saturated rings. The number of aromatic nitrogens is 2. The first-order chi connectivity index (χ1) is 8.65. The first-order valence-electron chi connectivity index (χ1n) is 6.39. The third kappa shape index (κ3) is 3.44. The van der Waals surface area contributed by atoms with E-state index in [4.69, 9.17) is 0 Å². The Kier molecular flexibility index (Phi) is 4.15. The predicted molar refractivity (Wildman–Crippen MR) is 74.5 cm³/mol. The molecule has 2 aromatic rings. The molecule has 0 bridgehead atoms. The highest BCUT2D eigenvalue weighted by Crippen LogP contribution is 2.10. The van der Waals surface area contributed by atoms with Crippen LogP contribution in [-0.4, -0.2) is 16.3 Å². The van der Waals surface area contributed by atoms with Crippen molar-refractivity contribution in [3.63, 3.8) is 0 Å². The van der Waals surface area contributed by atoms with Gasteiger partial charge in [-0.05, 0) is 43.5 Å². The van der Waals surface area contributed by atoms with Gasteiger partial charge in [-0.25, -0.2) is 0 Å². The fraction of sp³-hybridized carbons (Fsp3) is 0.400. The molecule has 3 nitrogen and oxygen atoms in total.